The fourth-order valence-electron chi connectivity index (χ4n) is 3.85. The van der Waals surface area contributed by atoms with Gasteiger partial charge in [-0.1, -0.05) is 41.4 Å². The second-order valence-corrected chi connectivity index (χ2v) is 8.96. The van der Waals surface area contributed by atoms with Gasteiger partial charge in [-0.25, -0.2) is 0 Å². The molecule has 1 aliphatic heterocycles. The van der Waals surface area contributed by atoms with E-state index < -0.39 is 6.10 Å². The lowest BCUT2D eigenvalue weighted by atomic mass is 10.1. The molecular formula is C24H31Cl2N3O3. The number of aliphatic hydroxyl groups excluding tert-OH is 1. The molecule has 1 amide bonds. The van der Waals surface area contributed by atoms with Crippen LogP contribution in [0.2, 0.25) is 10.0 Å². The number of aliphatic hydroxyl groups is 1. The van der Waals surface area contributed by atoms with Crippen LogP contribution in [0.15, 0.2) is 42.5 Å². The monoisotopic (exact) mass is 479 g/mol. The Hall–Kier alpha value is -1.83. The maximum absolute atomic E-state index is 12.3. The van der Waals surface area contributed by atoms with Crippen molar-refractivity contribution in [3.63, 3.8) is 0 Å². The van der Waals surface area contributed by atoms with Gasteiger partial charge in [-0.05, 0) is 48.2 Å². The van der Waals surface area contributed by atoms with Gasteiger partial charge in [-0.2, -0.15) is 0 Å². The number of piperazine rings is 1. The minimum atomic E-state index is -0.419. The highest BCUT2D eigenvalue weighted by Crippen LogP contribution is 2.21. The summed E-state index contributed by atoms with van der Waals surface area (Å²) in [6.07, 6.45) is 0.865. The molecule has 1 atom stereocenters. The zero-order chi connectivity index (χ0) is 22.9. The van der Waals surface area contributed by atoms with Crippen LogP contribution in [0.5, 0.6) is 5.75 Å². The van der Waals surface area contributed by atoms with Gasteiger partial charge < -0.3 is 15.2 Å². The number of nitrogens with zero attached hydrogens (tertiary/aromatic N) is 2. The predicted molar refractivity (Wildman–Crippen MR) is 129 cm³/mol. The molecule has 0 aromatic heterocycles. The smallest absolute Gasteiger partial charge is 0.234 e. The van der Waals surface area contributed by atoms with Crippen molar-refractivity contribution in [2.24, 2.45) is 0 Å². The van der Waals surface area contributed by atoms with Crippen LogP contribution in [0.3, 0.4) is 0 Å². The van der Waals surface area contributed by atoms with Gasteiger partial charge in [0.05, 0.1) is 19.8 Å². The summed E-state index contributed by atoms with van der Waals surface area (Å²) in [5.41, 5.74) is 2.06. The lowest BCUT2D eigenvalue weighted by molar-refractivity contribution is -0.122. The molecule has 1 saturated heterocycles. The Kier molecular flexibility index (Phi) is 9.63. The number of amides is 1. The van der Waals surface area contributed by atoms with Crippen LogP contribution in [0.25, 0.3) is 0 Å². The van der Waals surface area contributed by atoms with Gasteiger partial charge in [0.1, 0.15) is 5.75 Å². The summed E-state index contributed by atoms with van der Waals surface area (Å²) in [4.78, 5) is 16.7. The van der Waals surface area contributed by atoms with Gasteiger partial charge in [-0.15, -0.1) is 0 Å². The third kappa shape index (κ3) is 7.94. The molecule has 6 nitrogen and oxygen atoms in total. The number of carbonyl (C=O) groups is 1. The van der Waals surface area contributed by atoms with E-state index in [2.05, 4.69) is 15.1 Å². The fourth-order valence-corrected chi connectivity index (χ4v) is 4.35. The van der Waals surface area contributed by atoms with E-state index >= 15 is 0 Å². The van der Waals surface area contributed by atoms with Gasteiger partial charge in [0.2, 0.25) is 5.91 Å². The standard InChI is InChI=1S/C24H31Cl2N3O3/c1-32-22-6-2-18(3-7-22)14-21(30)16-28-10-12-29(13-11-28)17-24(31)27-9-8-19-4-5-20(25)15-23(19)26/h2-7,15,21,30H,8-14,16-17H2,1H3,(H,27,31). The quantitative estimate of drug-likeness (QED) is 0.548. The number of rotatable bonds is 10. The van der Waals surface area contributed by atoms with Crippen molar-refractivity contribution in [2.75, 3.05) is 52.9 Å². The molecule has 174 valence electrons. The molecule has 0 bridgehead atoms. The van der Waals surface area contributed by atoms with E-state index in [0.717, 1.165) is 43.1 Å². The summed E-state index contributed by atoms with van der Waals surface area (Å²) in [5.74, 6) is 0.834. The number of halogens is 2. The second kappa shape index (κ2) is 12.4. The van der Waals surface area contributed by atoms with Crippen LogP contribution in [-0.4, -0.2) is 79.8 Å². The van der Waals surface area contributed by atoms with Crippen molar-refractivity contribution in [1.29, 1.82) is 0 Å². The molecule has 2 N–H and O–H groups in total. The van der Waals surface area contributed by atoms with Crippen LogP contribution in [-0.2, 0) is 17.6 Å². The molecule has 1 aliphatic rings. The fraction of sp³-hybridized carbons (Fsp3) is 0.458. The minimum absolute atomic E-state index is 0.0167. The number of hydrogen-bond acceptors (Lipinski definition) is 5. The van der Waals surface area contributed by atoms with Crippen LogP contribution >= 0.6 is 23.2 Å². The summed E-state index contributed by atoms with van der Waals surface area (Å²) < 4.78 is 5.17. The maximum Gasteiger partial charge on any atom is 0.234 e. The van der Waals surface area contributed by atoms with Crippen molar-refractivity contribution >= 4 is 29.1 Å². The lowest BCUT2D eigenvalue weighted by Crippen LogP contribution is -2.51. The molecular weight excluding hydrogens is 449 g/mol. The largest absolute Gasteiger partial charge is 0.497 e. The molecule has 3 rings (SSSR count). The number of methoxy groups -OCH3 is 1. The molecule has 0 aliphatic carbocycles. The maximum atomic E-state index is 12.3. The molecule has 0 radical (unpaired) electrons. The number of ether oxygens (including phenoxy) is 1. The number of carbonyl (C=O) groups excluding carboxylic acids is 1. The molecule has 2 aromatic rings. The van der Waals surface area contributed by atoms with Gasteiger partial charge in [0, 0.05) is 49.3 Å². The highest BCUT2D eigenvalue weighted by molar-refractivity contribution is 6.35. The van der Waals surface area contributed by atoms with Crippen molar-refractivity contribution in [3.8, 4) is 5.75 Å². The molecule has 1 heterocycles. The Morgan fingerprint density at radius 3 is 2.44 bits per heavy atom. The molecule has 2 aromatic carbocycles. The lowest BCUT2D eigenvalue weighted by Gasteiger charge is -2.35. The van der Waals surface area contributed by atoms with Gasteiger partial charge in [0.25, 0.3) is 0 Å². The highest BCUT2D eigenvalue weighted by Gasteiger charge is 2.21. The average Bonchev–Trinajstić information content (AvgIpc) is 2.77. The van der Waals surface area contributed by atoms with Crippen molar-refractivity contribution < 1.29 is 14.6 Å². The Labute approximate surface area is 200 Å². The third-order valence-corrected chi connectivity index (χ3v) is 6.25. The Balaban J connectivity index is 1.31. The number of β-amino-alcohol motifs (C(OH)–C–C–N with tert-alkyl or cyclic N) is 1. The zero-order valence-corrected chi connectivity index (χ0v) is 19.9. The zero-order valence-electron chi connectivity index (χ0n) is 18.4. The summed E-state index contributed by atoms with van der Waals surface area (Å²) in [5, 5.41) is 14.6. The van der Waals surface area contributed by atoms with E-state index in [0.29, 0.717) is 42.5 Å². The van der Waals surface area contributed by atoms with E-state index in [1.54, 1.807) is 19.2 Å². The number of benzene rings is 2. The minimum Gasteiger partial charge on any atom is -0.497 e. The van der Waals surface area contributed by atoms with Crippen molar-refractivity contribution in [3.05, 3.63) is 63.6 Å². The summed E-state index contributed by atoms with van der Waals surface area (Å²) in [6.45, 7) is 4.86. The molecule has 8 heteroatoms. The van der Waals surface area contributed by atoms with Gasteiger partial charge >= 0.3 is 0 Å². The topological polar surface area (TPSA) is 65.0 Å². The predicted octanol–water partition coefficient (Wildman–Crippen LogP) is 2.88. The third-order valence-electron chi connectivity index (χ3n) is 5.66. The van der Waals surface area contributed by atoms with Crippen LogP contribution in [0.4, 0.5) is 0 Å². The number of nitrogens with one attached hydrogen (secondary N) is 1. The van der Waals surface area contributed by atoms with Gasteiger partial charge in [-0.3, -0.25) is 14.6 Å². The summed E-state index contributed by atoms with van der Waals surface area (Å²) in [7, 11) is 1.64. The molecule has 0 saturated carbocycles. The first-order valence-electron chi connectivity index (χ1n) is 10.9. The highest BCUT2D eigenvalue weighted by atomic mass is 35.5. The van der Waals surface area contributed by atoms with Crippen molar-refractivity contribution in [2.45, 2.75) is 18.9 Å². The average molecular weight is 480 g/mol. The van der Waals surface area contributed by atoms with Crippen molar-refractivity contribution in [1.82, 2.24) is 15.1 Å². The summed E-state index contributed by atoms with van der Waals surface area (Å²) in [6, 6.07) is 13.2. The first kappa shape index (κ1) is 24.8. The molecule has 32 heavy (non-hydrogen) atoms. The summed E-state index contributed by atoms with van der Waals surface area (Å²) >= 11 is 12.1. The van der Waals surface area contributed by atoms with Crippen LogP contribution < -0.4 is 10.1 Å². The van der Waals surface area contributed by atoms with E-state index in [9.17, 15) is 9.90 Å². The van der Waals surface area contributed by atoms with Crippen LogP contribution in [0, 0.1) is 0 Å². The van der Waals surface area contributed by atoms with E-state index in [1.807, 2.05) is 30.3 Å². The molecule has 0 spiro atoms. The Morgan fingerprint density at radius 2 is 1.78 bits per heavy atom. The Morgan fingerprint density at radius 1 is 1.09 bits per heavy atom. The van der Waals surface area contributed by atoms with E-state index in [-0.39, 0.29) is 5.91 Å². The SMILES string of the molecule is COc1ccc(CC(O)CN2CCN(CC(=O)NCCc3ccc(Cl)cc3Cl)CC2)cc1. The van der Waals surface area contributed by atoms with E-state index in [1.165, 1.54) is 0 Å². The first-order chi connectivity index (χ1) is 15.4. The van der Waals surface area contributed by atoms with Crippen LogP contribution in [0.1, 0.15) is 11.1 Å². The normalized spacial score (nSPS) is 16.0. The molecule has 1 fully saturated rings. The van der Waals surface area contributed by atoms with Gasteiger partial charge in [0.15, 0.2) is 0 Å². The first-order valence-corrected chi connectivity index (χ1v) is 11.6. The second-order valence-electron chi connectivity index (χ2n) is 8.12. The number of hydrogen-bond donors (Lipinski definition) is 2. The Bertz CT molecular complexity index is 871. The van der Waals surface area contributed by atoms with E-state index in [4.69, 9.17) is 27.9 Å². The molecule has 1 unspecified atom stereocenters.